The molecule has 0 unspecified atom stereocenters. The standard InChI is InChI=1S/C13H18O2/c1-9-7-10(2)12(11(3)8-9)13-14-5-4-6-15-13/h7-8,13H,4-6H2,1-3H3. The van der Waals surface area contributed by atoms with Gasteiger partial charge in [-0.25, -0.2) is 0 Å². The molecular weight excluding hydrogens is 188 g/mol. The highest BCUT2D eigenvalue weighted by atomic mass is 16.7. The highest BCUT2D eigenvalue weighted by molar-refractivity contribution is 5.38. The Morgan fingerprint density at radius 3 is 2.07 bits per heavy atom. The molecule has 1 aromatic rings. The predicted octanol–water partition coefficient (Wildman–Crippen LogP) is 3.05. The highest BCUT2D eigenvalue weighted by Crippen LogP contribution is 2.29. The van der Waals surface area contributed by atoms with Crippen LogP contribution >= 0.6 is 0 Å². The maximum absolute atomic E-state index is 5.64. The van der Waals surface area contributed by atoms with E-state index in [1.54, 1.807) is 0 Å². The second-order valence-electron chi connectivity index (χ2n) is 4.24. The van der Waals surface area contributed by atoms with E-state index in [9.17, 15) is 0 Å². The van der Waals surface area contributed by atoms with Gasteiger partial charge in [-0.15, -0.1) is 0 Å². The lowest BCUT2D eigenvalue weighted by molar-refractivity contribution is -0.183. The molecule has 82 valence electrons. The molecule has 0 amide bonds. The van der Waals surface area contributed by atoms with E-state index in [0.29, 0.717) is 0 Å². The van der Waals surface area contributed by atoms with E-state index in [1.165, 1.54) is 22.3 Å². The monoisotopic (exact) mass is 206 g/mol. The van der Waals surface area contributed by atoms with Crippen molar-refractivity contribution in [2.75, 3.05) is 13.2 Å². The van der Waals surface area contributed by atoms with Gasteiger partial charge in [-0.2, -0.15) is 0 Å². The van der Waals surface area contributed by atoms with Crippen molar-refractivity contribution >= 4 is 0 Å². The molecule has 1 saturated heterocycles. The Morgan fingerprint density at radius 1 is 1.00 bits per heavy atom. The van der Waals surface area contributed by atoms with E-state index in [0.717, 1.165) is 19.6 Å². The third-order valence-corrected chi connectivity index (χ3v) is 2.80. The van der Waals surface area contributed by atoms with Gasteiger partial charge in [-0.3, -0.25) is 0 Å². The molecule has 0 saturated carbocycles. The molecule has 2 nitrogen and oxygen atoms in total. The number of benzene rings is 1. The van der Waals surface area contributed by atoms with Gasteiger partial charge in [0.05, 0.1) is 13.2 Å². The van der Waals surface area contributed by atoms with Gasteiger partial charge < -0.3 is 9.47 Å². The molecule has 1 fully saturated rings. The van der Waals surface area contributed by atoms with Crippen molar-refractivity contribution in [1.29, 1.82) is 0 Å². The van der Waals surface area contributed by atoms with Crippen LogP contribution in [-0.4, -0.2) is 13.2 Å². The first-order valence-electron chi connectivity index (χ1n) is 5.49. The SMILES string of the molecule is Cc1cc(C)c(C2OCCCO2)c(C)c1. The average Bonchev–Trinajstić information content (AvgIpc) is 2.17. The molecule has 1 aliphatic heterocycles. The van der Waals surface area contributed by atoms with Gasteiger partial charge in [-0.1, -0.05) is 17.7 Å². The van der Waals surface area contributed by atoms with E-state index in [-0.39, 0.29) is 6.29 Å². The Hall–Kier alpha value is -0.860. The molecule has 2 heteroatoms. The van der Waals surface area contributed by atoms with Crippen LogP contribution in [0.1, 0.15) is 35.0 Å². The molecule has 1 aromatic carbocycles. The third-order valence-electron chi connectivity index (χ3n) is 2.80. The van der Waals surface area contributed by atoms with Crippen molar-refractivity contribution in [3.05, 3.63) is 34.4 Å². The van der Waals surface area contributed by atoms with Crippen LogP contribution in [0.3, 0.4) is 0 Å². The largest absolute Gasteiger partial charge is 0.348 e. The second kappa shape index (κ2) is 4.33. The fraction of sp³-hybridized carbons (Fsp3) is 0.538. The number of ether oxygens (including phenoxy) is 2. The van der Waals surface area contributed by atoms with E-state index in [4.69, 9.17) is 9.47 Å². The maximum Gasteiger partial charge on any atom is 0.184 e. The van der Waals surface area contributed by atoms with E-state index in [1.807, 2.05) is 0 Å². The summed E-state index contributed by atoms with van der Waals surface area (Å²) in [6, 6.07) is 4.37. The predicted molar refractivity (Wildman–Crippen MR) is 59.9 cm³/mol. The Morgan fingerprint density at radius 2 is 1.53 bits per heavy atom. The topological polar surface area (TPSA) is 18.5 Å². The molecule has 0 aliphatic carbocycles. The van der Waals surface area contributed by atoms with E-state index < -0.39 is 0 Å². The number of aryl methyl sites for hydroxylation is 3. The van der Waals surface area contributed by atoms with E-state index >= 15 is 0 Å². The lowest BCUT2D eigenvalue weighted by Crippen LogP contribution is -2.19. The van der Waals surface area contributed by atoms with Crippen LogP contribution in [0.15, 0.2) is 12.1 Å². The van der Waals surface area contributed by atoms with Crippen LogP contribution in [0.25, 0.3) is 0 Å². The van der Waals surface area contributed by atoms with Crippen LogP contribution < -0.4 is 0 Å². The second-order valence-corrected chi connectivity index (χ2v) is 4.24. The number of hydrogen-bond acceptors (Lipinski definition) is 2. The van der Waals surface area contributed by atoms with Crippen LogP contribution in [-0.2, 0) is 9.47 Å². The van der Waals surface area contributed by atoms with Crippen molar-refractivity contribution in [3.8, 4) is 0 Å². The highest BCUT2D eigenvalue weighted by Gasteiger charge is 2.20. The fourth-order valence-electron chi connectivity index (χ4n) is 2.22. The Bertz CT molecular complexity index is 329. The van der Waals surface area contributed by atoms with Gasteiger partial charge in [0.2, 0.25) is 0 Å². The minimum atomic E-state index is -0.153. The summed E-state index contributed by atoms with van der Waals surface area (Å²) >= 11 is 0. The van der Waals surface area contributed by atoms with Crippen molar-refractivity contribution in [1.82, 2.24) is 0 Å². The summed E-state index contributed by atoms with van der Waals surface area (Å²) < 4.78 is 11.3. The molecule has 0 atom stereocenters. The normalized spacial score (nSPS) is 18.1. The summed E-state index contributed by atoms with van der Waals surface area (Å²) in [7, 11) is 0. The molecule has 0 bridgehead atoms. The van der Waals surface area contributed by atoms with Crippen molar-refractivity contribution in [2.24, 2.45) is 0 Å². The molecule has 1 heterocycles. The summed E-state index contributed by atoms with van der Waals surface area (Å²) in [5.41, 5.74) is 5.03. The van der Waals surface area contributed by atoms with Gasteiger partial charge >= 0.3 is 0 Å². The molecule has 1 aliphatic rings. The zero-order chi connectivity index (χ0) is 10.8. The first kappa shape index (κ1) is 10.7. The maximum atomic E-state index is 5.64. The summed E-state index contributed by atoms with van der Waals surface area (Å²) in [6.07, 6.45) is 0.847. The summed E-state index contributed by atoms with van der Waals surface area (Å²) in [5, 5.41) is 0. The molecular formula is C13H18O2. The van der Waals surface area contributed by atoms with Gasteiger partial charge in [-0.05, 0) is 38.3 Å². The first-order valence-corrected chi connectivity index (χ1v) is 5.49. The third kappa shape index (κ3) is 2.21. The quantitative estimate of drug-likeness (QED) is 0.703. The lowest BCUT2D eigenvalue weighted by Gasteiger charge is -2.26. The summed E-state index contributed by atoms with van der Waals surface area (Å²) in [4.78, 5) is 0. The van der Waals surface area contributed by atoms with Gasteiger partial charge in [0.25, 0.3) is 0 Å². The van der Waals surface area contributed by atoms with Crippen molar-refractivity contribution in [2.45, 2.75) is 33.5 Å². The number of hydrogen-bond donors (Lipinski definition) is 0. The number of rotatable bonds is 1. The smallest absolute Gasteiger partial charge is 0.184 e. The summed E-state index contributed by atoms with van der Waals surface area (Å²) in [6.45, 7) is 7.97. The molecule has 0 N–H and O–H groups in total. The first-order chi connectivity index (χ1) is 7.18. The zero-order valence-corrected chi connectivity index (χ0v) is 9.67. The average molecular weight is 206 g/mol. The van der Waals surface area contributed by atoms with Gasteiger partial charge in [0, 0.05) is 5.56 Å². The zero-order valence-electron chi connectivity index (χ0n) is 9.67. The van der Waals surface area contributed by atoms with Gasteiger partial charge in [0.15, 0.2) is 6.29 Å². The molecule has 0 radical (unpaired) electrons. The lowest BCUT2D eigenvalue weighted by atomic mass is 9.99. The van der Waals surface area contributed by atoms with Crippen molar-refractivity contribution < 1.29 is 9.47 Å². The van der Waals surface area contributed by atoms with Crippen LogP contribution in [0.5, 0.6) is 0 Å². The molecule has 0 aromatic heterocycles. The minimum absolute atomic E-state index is 0.153. The molecule has 0 spiro atoms. The Labute approximate surface area is 91.2 Å². The fourth-order valence-corrected chi connectivity index (χ4v) is 2.22. The van der Waals surface area contributed by atoms with Crippen LogP contribution in [0, 0.1) is 20.8 Å². The Kier molecular flexibility index (Phi) is 3.08. The van der Waals surface area contributed by atoms with Crippen LogP contribution in [0.2, 0.25) is 0 Å². The van der Waals surface area contributed by atoms with Crippen molar-refractivity contribution in [3.63, 3.8) is 0 Å². The van der Waals surface area contributed by atoms with Crippen LogP contribution in [0.4, 0.5) is 0 Å². The molecule has 2 rings (SSSR count). The Balaban J connectivity index is 2.33. The van der Waals surface area contributed by atoms with Gasteiger partial charge in [0.1, 0.15) is 0 Å². The van der Waals surface area contributed by atoms with E-state index in [2.05, 4.69) is 32.9 Å². The minimum Gasteiger partial charge on any atom is -0.348 e. The molecule has 15 heavy (non-hydrogen) atoms. The summed E-state index contributed by atoms with van der Waals surface area (Å²) in [5.74, 6) is 0.